The largest absolute Gasteiger partial charge is 0.377 e. The van der Waals surface area contributed by atoms with Crippen LogP contribution in [0.25, 0.3) is 0 Å². The standard InChI is InChI=1S/C16H32N2O/c1-2-9-17-13-15-8-10-18(14-15)11-12-19-16-6-4-3-5-7-16/h15-17H,2-14H2,1H3. The van der Waals surface area contributed by atoms with E-state index in [-0.39, 0.29) is 0 Å². The number of nitrogens with one attached hydrogen (secondary N) is 1. The molecular formula is C16H32N2O. The molecule has 0 bridgehead atoms. The molecule has 1 aliphatic heterocycles. The minimum Gasteiger partial charge on any atom is -0.377 e. The fourth-order valence-corrected chi connectivity index (χ4v) is 3.35. The quantitative estimate of drug-likeness (QED) is 0.685. The number of rotatable bonds is 8. The van der Waals surface area contributed by atoms with Gasteiger partial charge >= 0.3 is 0 Å². The predicted octanol–water partition coefficient (Wildman–Crippen LogP) is 2.66. The van der Waals surface area contributed by atoms with E-state index in [4.69, 9.17) is 4.74 Å². The van der Waals surface area contributed by atoms with Gasteiger partial charge in [-0.3, -0.25) is 0 Å². The molecule has 1 saturated carbocycles. The smallest absolute Gasteiger partial charge is 0.0597 e. The molecule has 3 heteroatoms. The van der Waals surface area contributed by atoms with E-state index in [1.165, 1.54) is 71.1 Å². The molecule has 0 aromatic carbocycles. The van der Waals surface area contributed by atoms with Gasteiger partial charge in [0.25, 0.3) is 0 Å². The number of hydrogen-bond acceptors (Lipinski definition) is 3. The summed E-state index contributed by atoms with van der Waals surface area (Å²) in [6.45, 7) is 9.23. The Morgan fingerprint density at radius 2 is 2.00 bits per heavy atom. The molecule has 19 heavy (non-hydrogen) atoms. The van der Waals surface area contributed by atoms with Crippen molar-refractivity contribution in [3.05, 3.63) is 0 Å². The molecule has 2 aliphatic rings. The Morgan fingerprint density at radius 1 is 1.16 bits per heavy atom. The monoisotopic (exact) mass is 268 g/mol. The van der Waals surface area contributed by atoms with Gasteiger partial charge in [0.05, 0.1) is 12.7 Å². The summed E-state index contributed by atoms with van der Waals surface area (Å²) in [5, 5.41) is 3.55. The van der Waals surface area contributed by atoms with Gasteiger partial charge in [0.1, 0.15) is 0 Å². The van der Waals surface area contributed by atoms with E-state index in [1.807, 2.05) is 0 Å². The van der Waals surface area contributed by atoms with Crippen LogP contribution in [0.5, 0.6) is 0 Å². The van der Waals surface area contributed by atoms with Crippen molar-refractivity contribution in [1.82, 2.24) is 10.2 Å². The zero-order chi connectivity index (χ0) is 13.3. The van der Waals surface area contributed by atoms with Crippen LogP contribution in [0, 0.1) is 5.92 Å². The Bertz CT molecular complexity index is 229. The van der Waals surface area contributed by atoms with E-state index in [0.717, 1.165) is 19.1 Å². The SMILES string of the molecule is CCCNCC1CCN(CCOC2CCCCC2)C1. The summed E-state index contributed by atoms with van der Waals surface area (Å²) in [6, 6.07) is 0. The van der Waals surface area contributed by atoms with Crippen molar-refractivity contribution in [1.29, 1.82) is 0 Å². The zero-order valence-electron chi connectivity index (χ0n) is 12.7. The molecule has 1 N–H and O–H groups in total. The van der Waals surface area contributed by atoms with Gasteiger partial charge in [-0.2, -0.15) is 0 Å². The van der Waals surface area contributed by atoms with Crippen LogP contribution in [0.4, 0.5) is 0 Å². The van der Waals surface area contributed by atoms with Crippen LogP contribution in [0.1, 0.15) is 51.9 Å². The Labute approximate surface area is 119 Å². The van der Waals surface area contributed by atoms with Gasteiger partial charge in [0, 0.05) is 13.1 Å². The maximum atomic E-state index is 6.02. The van der Waals surface area contributed by atoms with Crippen molar-refractivity contribution in [2.45, 2.75) is 58.0 Å². The first-order chi connectivity index (χ1) is 9.38. The third-order valence-electron chi connectivity index (χ3n) is 4.54. The molecule has 1 atom stereocenters. The molecular weight excluding hydrogens is 236 g/mol. The van der Waals surface area contributed by atoms with Crippen LogP contribution < -0.4 is 5.32 Å². The average Bonchev–Trinajstić information content (AvgIpc) is 2.88. The third kappa shape index (κ3) is 5.80. The molecule has 0 aromatic rings. The van der Waals surface area contributed by atoms with Crippen LogP contribution >= 0.6 is 0 Å². The van der Waals surface area contributed by atoms with E-state index >= 15 is 0 Å². The van der Waals surface area contributed by atoms with Crippen molar-refractivity contribution in [2.75, 3.05) is 39.3 Å². The van der Waals surface area contributed by atoms with E-state index in [0.29, 0.717) is 6.10 Å². The number of likely N-dealkylation sites (tertiary alicyclic amines) is 1. The Balaban J connectivity index is 1.50. The van der Waals surface area contributed by atoms with Crippen LogP contribution in [0.2, 0.25) is 0 Å². The highest BCUT2D eigenvalue weighted by atomic mass is 16.5. The fourth-order valence-electron chi connectivity index (χ4n) is 3.35. The van der Waals surface area contributed by atoms with Crippen molar-refractivity contribution in [3.63, 3.8) is 0 Å². The molecule has 2 fully saturated rings. The second kappa shape index (κ2) is 8.93. The van der Waals surface area contributed by atoms with E-state index in [9.17, 15) is 0 Å². The summed E-state index contributed by atoms with van der Waals surface area (Å²) in [6.07, 6.45) is 9.93. The minimum absolute atomic E-state index is 0.568. The van der Waals surface area contributed by atoms with E-state index in [1.54, 1.807) is 0 Å². The fraction of sp³-hybridized carbons (Fsp3) is 1.00. The number of nitrogens with zero attached hydrogens (tertiary/aromatic N) is 1. The maximum absolute atomic E-state index is 6.02. The first-order valence-corrected chi connectivity index (χ1v) is 8.43. The molecule has 2 rings (SSSR count). The lowest BCUT2D eigenvalue weighted by Gasteiger charge is -2.23. The topological polar surface area (TPSA) is 24.5 Å². The van der Waals surface area contributed by atoms with Crippen molar-refractivity contribution in [2.24, 2.45) is 5.92 Å². The summed E-state index contributed by atoms with van der Waals surface area (Å²) >= 11 is 0. The molecule has 0 radical (unpaired) electrons. The molecule has 0 spiro atoms. The summed E-state index contributed by atoms with van der Waals surface area (Å²) in [5.41, 5.74) is 0. The van der Waals surface area contributed by atoms with Gasteiger partial charge in [-0.15, -0.1) is 0 Å². The van der Waals surface area contributed by atoms with Gasteiger partial charge in [0.15, 0.2) is 0 Å². The normalized spacial score (nSPS) is 26.1. The van der Waals surface area contributed by atoms with Crippen LogP contribution in [-0.4, -0.2) is 50.3 Å². The van der Waals surface area contributed by atoms with Gasteiger partial charge < -0.3 is 15.0 Å². The highest BCUT2D eigenvalue weighted by Crippen LogP contribution is 2.20. The molecule has 1 saturated heterocycles. The first-order valence-electron chi connectivity index (χ1n) is 8.43. The van der Waals surface area contributed by atoms with E-state index in [2.05, 4.69) is 17.1 Å². The molecule has 0 amide bonds. The number of ether oxygens (including phenoxy) is 1. The second-order valence-corrected chi connectivity index (χ2v) is 6.29. The van der Waals surface area contributed by atoms with Crippen molar-refractivity contribution >= 4 is 0 Å². The van der Waals surface area contributed by atoms with Crippen molar-refractivity contribution < 1.29 is 4.74 Å². The summed E-state index contributed by atoms with van der Waals surface area (Å²) in [7, 11) is 0. The molecule has 1 aliphatic carbocycles. The molecule has 3 nitrogen and oxygen atoms in total. The van der Waals surface area contributed by atoms with E-state index < -0.39 is 0 Å². The number of hydrogen-bond donors (Lipinski definition) is 1. The lowest BCUT2D eigenvalue weighted by atomic mass is 9.98. The van der Waals surface area contributed by atoms with Crippen molar-refractivity contribution in [3.8, 4) is 0 Å². The lowest BCUT2D eigenvalue weighted by Crippen LogP contribution is -2.30. The van der Waals surface area contributed by atoms with Crippen LogP contribution in [0.3, 0.4) is 0 Å². The molecule has 0 aromatic heterocycles. The summed E-state index contributed by atoms with van der Waals surface area (Å²) in [4.78, 5) is 2.58. The Hall–Kier alpha value is -0.120. The maximum Gasteiger partial charge on any atom is 0.0597 e. The minimum atomic E-state index is 0.568. The van der Waals surface area contributed by atoms with Gasteiger partial charge in [-0.25, -0.2) is 0 Å². The highest BCUT2D eigenvalue weighted by molar-refractivity contribution is 4.77. The van der Waals surface area contributed by atoms with Gasteiger partial charge in [-0.1, -0.05) is 26.2 Å². The first kappa shape index (κ1) is 15.3. The summed E-state index contributed by atoms with van der Waals surface area (Å²) < 4.78 is 6.02. The average molecular weight is 268 g/mol. The predicted molar refractivity (Wildman–Crippen MR) is 80.5 cm³/mol. The lowest BCUT2D eigenvalue weighted by molar-refractivity contribution is 0.0184. The van der Waals surface area contributed by atoms with Crippen LogP contribution in [-0.2, 0) is 4.74 Å². The van der Waals surface area contributed by atoms with Crippen LogP contribution in [0.15, 0.2) is 0 Å². The third-order valence-corrected chi connectivity index (χ3v) is 4.54. The second-order valence-electron chi connectivity index (χ2n) is 6.29. The Morgan fingerprint density at radius 3 is 2.79 bits per heavy atom. The summed E-state index contributed by atoms with van der Waals surface area (Å²) in [5.74, 6) is 0.862. The molecule has 1 unspecified atom stereocenters. The highest BCUT2D eigenvalue weighted by Gasteiger charge is 2.22. The Kier molecular flexibility index (Phi) is 7.18. The van der Waals surface area contributed by atoms with Gasteiger partial charge in [0.2, 0.25) is 0 Å². The molecule has 112 valence electrons. The zero-order valence-corrected chi connectivity index (χ0v) is 12.7. The molecule has 1 heterocycles. The van der Waals surface area contributed by atoms with Gasteiger partial charge in [-0.05, 0) is 51.2 Å².